The fourth-order valence-corrected chi connectivity index (χ4v) is 3.75. The van der Waals surface area contributed by atoms with Gasteiger partial charge in [0, 0.05) is 12.5 Å². The Balaban J connectivity index is 1.51. The van der Waals surface area contributed by atoms with E-state index in [9.17, 15) is 9.59 Å². The molecule has 7 nitrogen and oxygen atoms in total. The summed E-state index contributed by atoms with van der Waals surface area (Å²) in [6, 6.07) is 17.4. The van der Waals surface area contributed by atoms with E-state index in [1.54, 1.807) is 11.1 Å². The Morgan fingerprint density at radius 1 is 1.16 bits per heavy atom. The number of aromatic nitrogens is 2. The van der Waals surface area contributed by atoms with Crippen LogP contribution in [-0.2, 0) is 11.3 Å². The molecule has 2 aromatic carbocycles. The number of para-hydroxylation sites is 1. The van der Waals surface area contributed by atoms with Crippen LogP contribution in [0.25, 0.3) is 10.9 Å². The van der Waals surface area contributed by atoms with Crippen molar-refractivity contribution in [2.45, 2.75) is 39.3 Å². The Morgan fingerprint density at radius 2 is 1.90 bits per heavy atom. The smallest absolute Gasteiger partial charge is 0.258 e. The first-order valence-corrected chi connectivity index (χ1v) is 10.7. The predicted octanol–water partition coefficient (Wildman–Crippen LogP) is 3.16. The number of aromatic amines is 1. The van der Waals surface area contributed by atoms with Crippen LogP contribution in [0.2, 0.25) is 0 Å². The fraction of sp³-hybridized carbons (Fsp3) is 0.333. The molecule has 0 radical (unpaired) electrons. The Bertz CT molecular complexity index is 1160. The molecule has 7 heteroatoms. The molecule has 1 amide bonds. The number of nitrogens with zero attached hydrogens (tertiary/aromatic N) is 4. The van der Waals surface area contributed by atoms with Gasteiger partial charge in [-0.2, -0.15) is 5.10 Å². The summed E-state index contributed by atoms with van der Waals surface area (Å²) >= 11 is 0. The molecule has 0 saturated carbocycles. The summed E-state index contributed by atoms with van der Waals surface area (Å²) in [7, 11) is 0. The minimum absolute atomic E-state index is 0.0469. The summed E-state index contributed by atoms with van der Waals surface area (Å²) in [6.45, 7) is 5.36. The van der Waals surface area contributed by atoms with Gasteiger partial charge in [-0.1, -0.05) is 49.4 Å². The van der Waals surface area contributed by atoms with Crippen LogP contribution in [0.15, 0.2) is 64.5 Å². The summed E-state index contributed by atoms with van der Waals surface area (Å²) in [5.41, 5.74) is 2.49. The van der Waals surface area contributed by atoms with Crippen LogP contribution in [0.5, 0.6) is 0 Å². The number of hydrazone groups is 1. The quantitative estimate of drug-likeness (QED) is 0.640. The van der Waals surface area contributed by atoms with Gasteiger partial charge in [-0.25, -0.2) is 9.99 Å². The molecule has 4 rings (SSSR count). The van der Waals surface area contributed by atoms with E-state index in [-0.39, 0.29) is 24.1 Å². The third-order valence-corrected chi connectivity index (χ3v) is 5.76. The van der Waals surface area contributed by atoms with Crippen LogP contribution < -0.4 is 5.56 Å². The average Bonchev–Trinajstić information content (AvgIpc) is 3.29. The Hall–Kier alpha value is -3.32. The highest BCUT2D eigenvalue weighted by Crippen LogP contribution is 2.16. The Labute approximate surface area is 181 Å². The second kappa shape index (κ2) is 9.22. The van der Waals surface area contributed by atoms with E-state index in [0.29, 0.717) is 29.8 Å². The minimum atomic E-state index is -0.160. The van der Waals surface area contributed by atoms with Crippen LogP contribution >= 0.6 is 0 Å². The van der Waals surface area contributed by atoms with Crippen molar-refractivity contribution in [2.24, 2.45) is 5.10 Å². The first kappa shape index (κ1) is 20.9. The van der Waals surface area contributed by atoms with E-state index in [2.05, 4.69) is 28.9 Å². The van der Waals surface area contributed by atoms with E-state index in [4.69, 9.17) is 0 Å². The van der Waals surface area contributed by atoms with Gasteiger partial charge in [-0.3, -0.25) is 14.5 Å². The largest absolute Gasteiger partial charge is 0.309 e. The highest BCUT2D eigenvalue weighted by Gasteiger charge is 2.25. The Kier molecular flexibility index (Phi) is 6.23. The van der Waals surface area contributed by atoms with Crippen molar-refractivity contribution in [1.82, 2.24) is 19.9 Å². The monoisotopic (exact) mass is 417 g/mol. The number of hydrogen-bond donors (Lipinski definition) is 1. The normalized spacial score (nSPS) is 14.8. The standard InChI is InChI=1S/C24H27N5O2/c1-3-17(2)28(15-22-25-21-12-8-7-11-19(21)24(31)26-22)16-23(30)29-14-13-20(27-29)18-9-5-4-6-10-18/h4-12,17H,3,13-16H2,1-2H3,(H,25,26,31). The summed E-state index contributed by atoms with van der Waals surface area (Å²) in [4.78, 5) is 34.9. The molecule has 0 saturated heterocycles. The predicted molar refractivity (Wildman–Crippen MR) is 122 cm³/mol. The second-order valence-electron chi connectivity index (χ2n) is 7.87. The number of rotatable bonds is 7. The minimum Gasteiger partial charge on any atom is -0.309 e. The molecule has 1 unspecified atom stereocenters. The van der Waals surface area contributed by atoms with Crippen molar-refractivity contribution < 1.29 is 4.79 Å². The van der Waals surface area contributed by atoms with Crippen LogP contribution in [0, 0.1) is 0 Å². The number of benzene rings is 2. The molecular weight excluding hydrogens is 390 g/mol. The summed E-state index contributed by atoms with van der Waals surface area (Å²) in [6.07, 6.45) is 1.63. The zero-order valence-electron chi connectivity index (χ0n) is 17.9. The maximum absolute atomic E-state index is 13.0. The van der Waals surface area contributed by atoms with E-state index in [0.717, 1.165) is 24.1 Å². The third kappa shape index (κ3) is 4.72. The van der Waals surface area contributed by atoms with Crippen molar-refractivity contribution in [2.75, 3.05) is 13.1 Å². The molecule has 1 atom stereocenters. The lowest BCUT2D eigenvalue weighted by atomic mass is 10.1. The molecule has 31 heavy (non-hydrogen) atoms. The zero-order chi connectivity index (χ0) is 21.8. The number of carbonyl (C=O) groups excluding carboxylic acids is 1. The van der Waals surface area contributed by atoms with Gasteiger partial charge in [0.1, 0.15) is 5.82 Å². The first-order valence-electron chi connectivity index (χ1n) is 10.7. The molecule has 1 aromatic heterocycles. The molecule has 1 aliphatic rings. The molecule has 160 valence electrons. The van der Waals surface area contributed by atoms with Gasteiger partial charge in [-0.05, 0) is 31.0 Å². The summed E-state index contributed by atoms with van der Waals surface area (Å²) < 4.78 is 0. The lowest BCUT2D eigenvalue weighted by molar-refractivity contribution is -0.132. The molecule has 0 aliphatic carbocycles. The van der Waals surface area contributed by atoms with Crippen molar-refractivity contribution >= 4 is 22.5 Å². The molecule has 1 N–H and O–H groups in total. The van der Waals surface area contributed by atoms with Crippen LogP contribution in [0.1, 0.15) is 38.1 Å². The van der Waals surface area contributed by atoms with Gasteiger partial charge in [0.05, 0.1) is 36.2 Å². The first-order chi connectivity index (χ1) is 15.0. The average molecular weight is 418 g/mol. The maximum Gasteiger partial charge on any atom is 0.258 e. The molecule has 0 fully saturated rings. The number of hydrogen-bond acceptors (Lipinski definition) is 5. The van der Waals surface area contributed by atoms with Crippen LogP contribution in [-0.4, -0.2) is 50.6 Å². The zero-order valence-corrected chi connectivity index (χ0v) is 17.9. The molecule has 0 spiro atoms. The van der Waals surface area contributed by atoms with E-state index in [1.165, 1.54) is 0 Å². The number of carbonyl (C=O) groups is 1. The molecule has 1 aliphatic heterocycles. The summed E-state index contributed by atoms with van der Waals surface area (Å²) in [5, 5.41) is 6.69. The topological polar surface area (TPSA) is 81.7 Å². The number of amides is 1. The van der Waals surface area contributed by atoms with E-state index in [1.807, 2.05) is 53.4 Å². The van der Waals surface area contributed by atoms with Gasteiger partial charge in [0.25, 0.3) is 11.5 Å². The number of H-pyrrole nitrogens is 1. The van der Waals surface area contributed by atoms with Gasteiger partial charge >= 0.3 is 0 Å². The van der Waals surface area contributed by atoms with E-state index < -0.39 is 0 Å². The highest BCUT2D eigenvalue weighted by atomic mass is 16.2. The molecule has 3 aromatic rings. The molecular formula is C24H27N5O2. The summed E-state index contributed by atoms with van der Waals surface area (Å²) in [5.74, 6) is 0.515. The van der Waals surface area contributed by atoms with Gasteiger partial charge in [0.15, 0.2) is 0 Å². The van der Waals surface area contributed by atoms with Gasteiger partial charge in [0.2, 0.25) is 0 Å². The van der Waals surface area contributed by atoms with E-state index >= 15 is 0 Å². The number of nitrogens with one attached hydrogen (secondary N) is 1. The van der Waals surface area contributed by atoms with Crippen LogP contribution in [0.3, 0.4) is 0 Å². The SMILES string of the molecule is CCC(C)N(CC(=O)N1CCC(c2ccccc2)=N1)Cc1nc2ccccc2c(=O)[nH]1. The van der Waals surface area contributed by atoms with Crippen molar-refractivity contribution in [1.29, 1.82) is 0 Å². The molecule has 2 heterocycles. The van der Waals surface area contributed by atoms with Gasteiger partial charge < -0.3 is 4.98 Å². The van der Waals surface area contributed by atoms with Crippen molar-refractivity contribution in [3.8, 4) is 0 Å². The van der Waals surface area contributed by atoms with Crippen LogP contribution in [0.4, 0.5) is 0 Å². The highest BCUT2D eigenvalue weighted by molar-refractivity contribution is 6.02. The van der Waals surface area contributed by atoms with Gasteiger partial charge in [-0.15, -0.1) is 0 Å². The second-order valence-corrected chi connectivity index (χ2v) is 7.87. The molecule has 0 bridgehead atoms. The third-order valence-electron chi connectivity index (χ3n) is 5.76. The lowest BCUT2D eigenvalue weighted by Gasteiger charge is -2.28. The number of fused-ring (bicyclic) bond motifs is 1. The van der Waals surface area contributed by atoms with Crippen molar-refractivity contribution in [3.05, 3.63) is 76.3 Å². The fourth-order valence-electron chi connectivity index (χ4n) is 3.75. The maximum atomic E-state index is 13.0. The van der Waals surface area contributed by atoms with Crippen molar-refractivity contribution in [3.63, 3.8) is 0 Å². The lowest BCUT2D eigenvalue weighted by Crippen LogP contribution is -2.41. The Morgan fingerprint density at radius 3 is 2.68 bits per heavy atom.